The minimum atomic E-state index is -3.61. The maximum Gasteiger partial charge on any atom is 0.238 e. The molecule has 1 aliphatic rings. The number of hydrogen-bond donors (Lipinski definition) is 3. The molecule has 8 heteroatoms. The Balaban J connectivity index is 0.00000242. The third kappa shape index (κ3) is 5.73. The maximum atomic E-state index is 11.2. The third-order valence-electron chi connectivity index (χ3n) is 3.61. The van der Waals surface area contributed by atoms with E-state index >= 15 is 0 Å². The van der Waals surface area contributed by atoms with E-state index in [9.17, 15) is 8.42 Å². The van der Waals surface area contributed by atoms with Crippen molar-refractivity contribution in [2.75, 3.05) is 13.6 Å². The molecule has 6 nitrogen and oxygen atoms in total. The van der Waals surface area contributed by atoms with Crippen molar-refractivity contribution < 1.29 is 8.42 Å². The third-order valence-corrected chi connectivity index (χ3v) is 4.54. The summed E-state index contributed by atoms with van der Waals surface area (Å²) >= 11 is 0. The van der Waals surface area contributed by atoms with Gasteiger partial charge in [0.05, 0.1) is 4.90 Å². The molecule has 124 valence electrons. The van der Waals surface area contributed by atoms with E-state index in [0.29, 0.717) is 12.0 Å². The van der Waals surface area contributed by atoms with Crippen molar-refractivity contribution in [1.82, 2.24) is 10.6 Å². The van der Waals surface area contributed by atoms with E-state index in [-0.39, 0.29) is 28.9 Å². The highest BCUT2D eigenvalue weighted by Gasteiger charge is 2.33. The standard InChI is InChI=1S/C14H22N4O2S.HI/c1-10-9-13(10)18-14(16-2)17-8-7-11-3-5-12(6-4-11)21(15,19)20;/h3-6,10,13H,7-9H2,1-2H3,(H2,15,19,20)(H2,16,17,18);1H. The minimum absolute atomic E-state index is 0. The molecule has 1 aromatic rings. The predicted octanol–water partition coefficient (Wildman–Crippen LogP) is 1.07. The molecule has 1 aromatic carbocycles. The fraction of sp³-hybridized carbons (Fsp3) is 0.500. The van der Waals surface area contributed by atoms with Crippen molar-refractivity contribution in [3.05, 3.63) is 29.8 Å². The molecule has 4 N–H and O–H groups in total. The molecule has 2 rings (SSSR count). The average Bonchev–Trinajstić information content (AvgIpc) is 3.12. The minimum Gasteiger partial charge on any atom is -0.356 e. The molecule has 0 aromatic heterocycles. The summed E-state index contributed by atoms with van der Waals surface area (Å²) in [6.45, 7) is 2.94. The maximum absolute atomic E-state index is 11.2. The Morgan fingerprint density at radius 1 is 1.36 bits per heavy atom. The number of benzene rings is 1. The normalized spacial score (nSPS) is 21.0. The topological polar surface area (TPSA) is 96.6 Å². The molecule has 1 saturated carbocycles. The molecule has 1 fully saturated rings. The van der Waals surface area contributed by atoms with E-state index in [4.69, 9.17) is 5.14 Å². The van der Waals surface area contributed by atoms with E-state index in [1.165, 1.54) is 18.6 Å². The van der Waals surface area contributed by atoms with E-state index in [1.807, 2.05) is 0 Å². The molecule has 22 heavy (non-hydrogen) atoms. The lowest BCUT2D eigenvalue weighted by Gasteiger charge is -2.11. The van der Waals surface area contributed by atoms with Gasteiger partial charge < -0.3 is 10.6 Å². The van der Waals surface area contributed by atoms with E-state index in [2.05, 4.69) is 22.5 Å². The Hall–Kier alpha value is -0.870. The highest BCUT2D eigenvalue weighted by Crippen LogP contribution is 2.28. The van der Waals surface area contributed by atoms with E-state index < -0.39 is 10.0 Å². The largest absolute Gasteiger partial charge is 0.356 e. The van der Waals surface area contributed by atoms with Gasteiger partial charge in [-0.05, 0) is 36.5 Å². The zero-order valence-corrected chi connectivity index (χ0v) is 15.9. The lowest BCUT2D eigenvalue weighted by atomic mass is 10.1. The van der Waals surface area contributed by atoms with Gasteiger partial charge in [0.2, 0.25) is 10.0 Å². The Bertz CT molecular complexity index is 616. The first-order valence-corrected chi connectivity index (χ1v) is 8.53. The Labute approximate surface area is 149 Å². The van der Waals surface area contributed by atoms with Gasteiger partial charge in [0.15, 0.2) is 5.96 Å². The first-order valence-electron chi connectivity index (χ1n) is 6.99. The van der Waals surface area contributed by atoms with Crippen LogP contribution in [-0.4, -0.2) is 34.0 Å². The molecular weight excluding hydrogens is 415 g/mol. The monoisotopic (exact) mass is 438 g/mol. The Kier molecular flexibility index (Phi) is 7.07. The first-order chi connectivity index (χ1) is 9.90. The first kappa shape index (κ1) is 19.2. The fourth-order valence-corrected chi connectivity index (χ4v) is 2.58. The quantitative estimate of drug-likeness (QED) is 0.364. The molecule has 2 atom stereocenters. The molecule has 0 bridgehead atoms. The number of primary sulfonamides is 1. The van der Waals surface area contributed by atoms with Gasteiger partial charge in [-0.15, -0.1) is 24.0 Å². The van der Waals surface area contributed by atoms with Crippen molar-refractivity contribution in [1.29, 1.82) is 0 Å². The lowest BCUT2D eigenvalue weighted by Crippen LogP contribution is -2.39. The number of halogens is 1. The number of hydrogen-bond acceptors (Lipinski definition) is 3. The molecule has 0 heterocycles. The number of sulfonamides is 1. The van der Waals surface area contributed by atoms with Gasteiger partial charge >= 0.3 is 0 Å². The second kappa shape index (κ2) is 8.11. The predicted molar refractivity (Wildman–Crippen MR) is 99.0 cm³/mol. The molecule has 0 spiro atoms. The van der Waals surface area contributed by atoms with Crippen LogP contribution >= 0.6 is 24.0 Å². The lowest BCUT2D eigenvalue weighted by molar-refractivity contribution is 0.598. The van der Waals surface area contributed by atoms with Crippen LogP contribution in [0.15, 0.2) is 34.2 Å². The highest BCUT2D eigenvalue weighted by molar-refractivity contribution is 14.0. The Morgan fingerprint density at radius 3 is 2.41 bits per heavy atom. The smallest absolute Gasteiger partial charge is 0.238 e. The van der Waals surface area contributed by atoms with Crippen LogP contribution in [0.1, 0.15) is 18.9 Å². The number of aliphatic imine (C=N–C) groups is 1. The molecule has 0 amide bonds. The summed E-state index contributed by atoms with van der Waals surface area (Å²) in [6, 6.07) is 7.15. The van der Waals surface area contributed by atoms with Crippen LogP contribution in [0.4, 0.5) is 0 Å². The van der Waals surface area contributed by atoms with E-state index in [0.717, 1.165) is 24.5 Å². The van der Waals surface area contributed by atoms with E-state index in [1.54, 1.807) is 19.2 Å². The van der Waals surface area contributed by atoms with Crippen LogP contribution in [0.2, 0.25) is 0 Å². The number of guanidine groups is 1. The highest BCUT2D eigenvalue weighted by atomic mass is 127. The number of nitrogens with two attached hydrogens (primary N) is 1. The SMILES string of the molecule is CN=C(NCCc1ccc(S(N)(=O)=O)cc1)NC1CC1C.I. The Morgan fingerprint density at radius 2 is 1.95 bits per heavy atom. The van der Waals surface area contributed by atoms with Gasteiger partial charge in [-0.3, -0.25) is 4.99 Å². The summed E-state index contributed by atoms with van der Waals surface area (Å²) in [5.41, 5.74) is 1.05. The second-order valence-corrected chi connectivity index (χ2v) is 6.96. The molecular formula is C14H23IN4O2S. The summed E-state index contributed by atoms with van der Waals surface area (Å²) in [6.07, 6.45) is 1.97. The van der Waals surface area contributed by atoms with Gasteiger partial charge in [0, 0.05) is 19.6 Å². The second-order valence-electron chi connectivity index (χ2n) is 5.40. The summed E-state index contributed by atoms with van der Waals surface area (Å²) in [5.74, 6) is 1.53. The van der Waals surface area contributed by atoms with Crippen LogP contribution in [0, 0.1) is 5.92 Å². The van der Waals surface area contributed by atoms with Crippen molar-refractivity contribution in [3.63, 3.8) is 0 Å². The zero-order chi connectivity index (χ0) is 15.5. The number of nitrogens with zero attached hydrogens (tertiary/aromatic N) is 1. The van der Waals surface area contributed by atoms with Crippen LogP contribution in [0.5, 0.6) is 0 Å². The van der Waals surface area contributed by atoms with Gasteiger partial charge in [-0.2, -0.15) is 0 Å². The zero-order valence-electron chi connectivity index (χ0n) is 12.7. The van der Waals surface area contributed by atoms with Crippen molar-refractivity contribution in [3.8, 4) is 0 Å². The summed E-state index contributed by atoms with van der Waals surface area (Å²) in [4.78, 5) is 4.32. The molecule has 0 aliphatic heterocycles. The van der Waals surface area contributed by atoms with Crippen LogP contribution in [-0.2, 0) is 16.4 Å². The molecule has 1 aliphatic carbocycles. The van der Waals surface area contributed by atoms with Crippen molar-refractivity contribution >= 4 is 40.0 Å². The number of rotatable bonds is 5. The fourth-order valence-electron chi connectivity index (χ4n) is 2.06. The van der Waals surface area contributed by atoms with Crippen LogP contribution in [0.25, 0.3) is 0 Å². The number of nitrogens with one attached hydrogen (secondary N) is 2. The van der Waals surface area contributed by atoms with Crippen molar-refractivity contribution in [2.45, 2.75) is 30.7 Å². The molecule has 2 unspecified atom stereocenters. The van der Waals surface area contributed by atoms with Gasteiger partial charge in [-0.25, -0.2) is 13.6 Å². The molecule has 0 radical (unpaired) electrons. The summed E-state index contributed by atoms with van der Waals surface area (Å²) in [5, 5.41) is 11.7. The van der Waals surface area contributed by atoms with Gasteiger partial charge in [-0.1, -0.05) is 19.1 Å². The average molecular weight is 438 g/mol. The van der Waals surface area contributed by atoms with Crippen molar-refractivity contribution in [2.24, 2.45) is 16.0 Å². The van der Waals surface area contributed by atoms with Gasteiger partial charge in [0.25, 0.3) is 0 Å². The molecule has 0 saturated heterocycles. The van der Waals surface area contributed by atoms with Crippen LogP contribution in [0.3, 0.4) is 0 Å². The van der Waals surface area contributed by atoms with Gasteiger partial charge in [0.1, 0.15) is 0 Å². The summed E-state index contributed by atoms with van der Waals surface area (Å²) in [7, 11) is -1.86. The summed E-state index contributed by atoms with van der Waals surface area (Å²) < 4.78 is 22.3. The van der Waals surface area contributed by atoms with Crippen LogP contribution < -0.4 is 15.8 Å².